The number of carbonyl (C=O) groups is 3. The molecule has 2 amide bonds. The van der Waals surface area contributed by atoms with E-state index in [2.05, 4.69) is 25.7 Å². The van der Waals surface area contributed by atoms with Crippen LogP contribution in [0.3, 0.4) is 0 Å². The van der Waals surface area contributed by atoms with Crippen molar-refractivity contribution in [3.05, 3.63) is 70.8 Å². The van der Waals surface area contributed by atoms with Crippen LogP contribution in [0.4, 0.5) is 13.2 Å². The Morgan fingerprint density at radius 2 is 1.70 bits per heavy atom. The maximum atomic E-state index is 13.8. The van der Waals surface area contributed by atoms with Gasteiger partial charge in [0, 0.05) is 37.5 Å². The summed E-state index contributed by atoms with van der Waals surface area (Å²) in [5.74, 6) is -4.59. The monoisotopic (exact) mass is 687 g/mol. The first-order valence-corrected chi connectivity index (χ1v) is 17.2. The molecule has 4 N–H and O–H groups in total. The number of thioether (sulfide) groups is 1. The number of nitrogens with two attached hydrogens (primary N) is 1. The second-order valence-corrected chi connectivity index (χ2v) is 12.0. The average molecular weight is 688 g/mol. The summed E-state index contributed by atoms with van der Waals surface area (Å²) >= 11 is 1.20. The lowest BCUT2D eigenvalue weighted by molar-refractivity contribution is -0.150. The summed E-state index contributed by atoms with van der Waals surface area (Å²) in [5, 5.41) is 10.5. The largest absolute Gasteiger partial charge is 0.484 e. The Morgan fingerprint density at radius 1 is 1.15 bits per heavy atom. The zero-order valence-corrected chi connectivity index (χ0v) is 30.5. The van der Waals surface area contributed by atoms with Crippen LogP contribution in [0, 0.1) is 23.4 Å². The first kappa shape index (κ1) is 45.9. The van der Waals surface area contributed by atoms with Crippen LogP contribution in [0.1, 0.15) is 87.1 Å². The molecule has 2 rings (SSSR count). The molecule has 0 spiro atoms. The Labute approximate surface area is 284 Å². The zero-order chi connectivity index (χ0) is 36.9. The predicted molar refractivity (Wildman–Crippen MR) is 186 cm³/mol. The maximum Gasteiger partial charge on any atom is 0.345 e. The number of ether oxygens (including phenoxy) is 1. The number of carboxylic acid groups (broad SMARTS) is 1. The molecule has 0 fully saturated rings. The van der Waals surface area contributed by atoms with Gasteiger partial charge in [-0.3, -0.25) is 9.59 Å². The molecule has 1 heterocycles. The highest BCUT2D eigenvalue weighted by atomic mass is 32.2. The summed E-state index contributed by atoms with van der Waals surface area (Å²) in [4.78, 5) is 37.5. The Morgan fingerprint density at radius 3 is 2.13 bits per heavy atom. The molecule has 0 saturated heterocycles. The number of nitrogens with zero attached hydrogens (tertiary/aromatic N) is 1. The van der Waals surface area contributed by atoms with Crippen molar-refractivity contribution in [3.63, 3.8) is 0 Å². The number of carboxylic acids is 1. The molecule has 1 aromatic carbocycles. The quantitative estimate of drug-likeness (QED) is 0.119. The molecule has 3 atom stereocenters. The molecule has 0 aromatic heterocycles. The molecule has 3 unspecified atom stereocenters. The van der Waals surface area contributed by atoms with E-state index in [9.17, 15) is 27.6 Å². The first-order valence-electron chi connectivity index (χ1n) is 15.9. The summed E-state index contributed by atoms with van der Waals surface area (Å²) < 4.78 is 45.2. The molecular weight excluding hydrogens is 631 g/mol. The fraction of sp³-hybridized carbons (Fsp3) is 0.571. The third-order valence-electron chi connectivity index (χ3n) is 6.25. The highest BCUT2D eigenvalue weighted by Gasteiger charge is 2.28. The number of aliphatic carboxylic acids is 1. The Bertz CT molecular complexity index is 1210. The molecule has 0 bridgehead atoms. The second kappa shape index (κ2) is 24.9. The van der Waals surface area contributed by atoms with Gasteiger partial charge >= 0.3 is 5.97 Å². The maximum absolute atomic E-state index is 13.8. The fourth-order valence-corrected chi connectivity index (χ4v) is 4.74. The van der Waals surface area contributed by atoms with Crippen LogP contribution in [-0.2, 0) is 25.5 Å². The van der Waals surface area contributed by atoms with Gasteiger partial charge in [-0.1, -0.05) is 72.3 Å². The topological polar surface area (TPSA) is 122 Å². The van der Waals surface area contributed by atoms with Crippen LogP contribution >= 0.6 is 11.8 Å². The van der Waals surface area contributed by atoms with Crippen LogP contribution in [0.25, 0.3) is 0 Å². The van der Waals surface area contributed by atoms with E-state index in [4.69, 9.17) is 15.6 Å². The third kappa shape index (κ3) is 18.0. The van der Waals surface area contributed by atoms with E-state index in [1.807, 2.05) is 39.8 Å². The van der Waals surface area contributed by atoms with Gasteiger partial charge in [0.25, 0.3) is 5.91 Å². The molecule has 47 heavy (non-hydrogen) atoms. The number of hydrogen-bond acceptors (Lipinski definition) is 6. The van der Waals surface area contributed by atoms with Crippen molar-refractivity contribution in [2.24, 2.45) is 11.7 Å². The van der Waals surface area contributed by atoms with Crippen LogP contribution in [0.5, 0.6) is 0 Å². The zero-order valence-electron chi connectivity index (χ0n) is 29.7. The van der Waals surface area contributed by atoms with E-state index in [0.717, 1.165) is 18.1 Å². The Balaban J connectivity index is 0. The van der Waals surface area contributed by atoms with E-state index >= 15 is 0 Å². The molecule has 1 aromatic rings. The van der Waals surface area contributed by atoms with Gasteiger partial charge in [0.15, 0.2) is 23.1 Å². The van der Waals surface area contributed by atoms with E-state index in [-0.39, 0.29) is 30.2 Å². The number of nitrogens with one attached hydrogen (secondary N) is 1. The van der Waals surface area contributed by atoms with E-state index in [0.29, 0.717) is 24.9 Å². The molecule has 0 radical (unpaired) electrons. The fourth-order valence-electron chi connectivity index (χ4n) is 4.14. The number of halogens is 3. The van der Waals surface area contributed by atoms with Crippen molar-refractivity contribution in [3.8, 4) is 0 Å². The lowest BCUT2D eigenvalue weighted by atomic mass is 10.0. The number of allylic oxidation sites excluding steroid dienone is 3. The summed E-state index contributed by atoms with van der Waals surface area (Å²) in [6.45, 7) is 21.9. The Kier molecular flexibility index (Phi) is 24.3. The summed E-state index contributed by atoms with van der Waals surface area (Å²) in [6.07, 6.45) is 6.64. The number of rotatable bonds is 12. The minimum Gasteiger partial charge on any atom is -0.484 e. The van der Waals surface area contributed by atoms with Crippen LogP contribution < -0.4 is 11.1 Å². The van der Waals surface area contributed by atoms with Crippen LogP contribution in [0.2, 0.25) is 0 Å². The van der Waals surface area contributed by atoms with Crippen molar-refractivity contribution in [2.75, 3.05) is 19.3 Å². The standard InChI is InChI=1S/C22H28F3N3O2S.C8H14O3.C3H8.C2H6/c1-4-5-14-6-7-28(12-13(14)2)22(30)21(31-3)27-20(29)10-16(26)8-15-9-18(24)19(25)11-17(15)23;1-5(2)7(8(9)10)11-6(3)4;1-3-2;1-2/h4-5,9,11,16,21H,6-8,10,12,26H2,1-3H3,(H,27,29);5,7H,3H2,1-2,4H3,(H,9,10);3H2,1-2H3;1-2H3/b5-4-;;;. The van der Waals surface area contributed by atoms with Crippen molar-refractivity contribution in [2.45, 2.75) is 106 Å². The highest BCUT2D eigenvalue weighted by Crippen LogP contribution is 2.21. The molecule has 1 aliphatic rings. The van der Waals surface area contributed by atoms with Gasteiger partial charge in [0.1, 0.15) is 5.82 Å². The van der Waals surface area contributed by atoms with Gasteiger partial charge in [-0.25, -0.2) is 18.0 Å². The van der Waals surface area contributed by atoms with Gasteiger partial charge in [0.05, 0.1) is 5.76 Å². The normalized spacial score (nSPS) is 14.4. The lowest BCUT2D eigenvalue weighted by Gasteiger charge is -2.31. The summed E-state index contributed by atoms with van der Waals surface area (Å²) in [7, 11) is 0. The number of amides is 2. The highest BCUT2D eigenvalue weighted by molar-refractivity contribution is 7.99. The third-order valence-corrected chi connectivity index (χ3v) is 7.05. The molecule has 8 nitrogen and oxygen atoms in total. The van der Waals surface area contributed by atoms with Gasteiger partial charge in [-0.2, -0.15) is 0 Å². The van der Waals surface area contributed by atoms with Gasteiger partial charge in [-0.15, -0.1) is 11.8 Å². The number of hydrogen-bond donors (Lipinski definition) is 3. The molecular formula is C35H56F3N3O5S. The average Bonchev–Trinajstić information content (AvgIpc) is 2.99. The SMILES string of the molecule is C/C=C\C1=C(C)CN(C(=O)C(NC(=O)CC(N)Cc2cc(F)c(F)cc2F)SC)CC1.C=C(C)OC(C(=O)O)C(C)C.CC.CCC. The van der Waals surface area contributed by atoms with Crippen molar-refractivity contribution < 1.29 is 37.4 Å². The minimum atomic E-state index is -1.28. The Hall–Kier alpha value is -3.25. The van der Waals surface area contributed by atoms with Crippen molar-refractivity contribution in [1.29, 1.82) is 0 Å². The molecule has 1 aliphatic heterocycles. The number of benzene rings is 1. The van der Waals surface area contributed by atoms with Crippen LogP contribution in [0.15, 0.2) is 47.8 Å². The van der Waals surface area contributed by atoms with Gasteiger partial charge in [0.2, 0.25) is 5.91 Å². The van der Waals surface area contributed by atoms with Gasteiger partial charge in [-0.05, 0) is 57.1 Å². The van der Waals surface area contributed by atoms with Gasteiger partial charge < -0.3 is 25.8 Å². The lowest BCUT2D eigenvalue weighted by Crippen LogP contribution is -2.49. The van der Waals surface area contributed by atoms with Crippen molar-refractivity contribution >= 4 is 29.5 Å². The summed E-state index contributed by atoms with van der Waals surface area (Å²) in [6, 6.07) is 0.377. The predicted octanol–water partition coefficient (Wildman–Crippen LogP) is 7.38. The van der Waals surface area contributed by atoms with E-state index in [1.54, 1.807) is 31.9 Å². The molecule has 12 heteroatoms. The van der Waals surface area contributed by atoms with E-state index < -0.39 is 46.8 Å². The first-order chi connectivity index (χ1) is 22.0. The molecule has 0 aliphatic carbocycles. The summed E-state index contributed by atoms with van der Waals surface area (Å²) in [5.41, 5.74) is 8.12. The smallest absolute Gasteiger partial charge is 0.345 e. The second-order valence-electron chi connectivity index (χ2n) is 11.1. The van der Waals surface area contributed by atoms with Crippen molar-refractivity contribution in [1.82, 2.24) is 10.2 Å². The molecule has 0 saturated carbocycles. The molecule has 268 valence electrons. The van der Waals surface area contributed by atoms with Crippen LogP contribution in [-0.4, -0.2) is 64.7 Å². The van der Waals surface area contributed by atoms with E-state index in [1.165, 1.54) is 23.8 Å². The minimum absolute atomic E-state index is 0.0378. The number of carbonyl (C=O) groups excluding carboxylic acids is 2.